The van der Waals surface area contributed by atoms with Crippen LogP contribution in [0.15, 0.2) is 61.1 Å². The molecule has 0 spiro atoms. The summed E-state index contributed by atoms with van der Waals surface area (Å²) in [6, 6.07) is 12.2. The summed E-state index contributed by atoms with van der Waals surface area (Å²) in [6.07, 6.45) is 5.08. The smallest absolute Gasteiger partial charge is 0.274 e. The number of hydrogen-bond donors (Lipinski definition) is 2. The van der Waals surface area contributed by atoms with E-state index in [1.54, 1.807) is 48.9 Å². The fraction of sp³-hybridized carbons (Fsp3) is 0.0556. The lowest BCUT2D eigenvalue weighted by Gasteiger charge is -2.09. The van der Waals surface area contributed by atoms with Gasteiger partial charge in [-0.15, -0.1) is 0 Å². The van der Waals surface area contributed by atoms with Gasteiger partial charge in [-0.25, -0.2) is 0 Å². The largest absolute Gasteiger partial charge is 0.381 e. The number of rotatable bonds is 5. The minimum atomic E-state index is -0.353. The summed E-state index contributed by atoms with van der Waals surface area (Å²) in [7, 11) is 0. The second-order valence-electron chi connectivity index (χ2n) is 5.22. The van der Waals surface area contributed by atoms with E-state index in [2.05, 4.69) is 20.6 Å². The zero-order valence-electron chi connectivity index (χ0n) is 13.0. The summed E-state index contributed by atoms with van der Waals surface area (Å²) < 4.78 is 0. The van der Waals surface area contributed by atoms with E-state index in [9.17, 15) is 4.79 Å². The lowest BCUT2D eigenvalue weighted by atomic mass is 10.2. The first-order valence-electron chi connectivity index (χ1n) is 7.47. The molecule has 0 atom stereocenters. The van der Waals surface area contributed by atoms with E-state index in [1.165, 1.54) is 0 Å². The first-order chi connectivity index (χ1) is 12.1. The zero-order valence-corrected chi connectivity index (χ0v) is 14.6. The van der Waals surface area contributed by atoms with E-state index in [-0.39, 0.29) is 11.6 Å². The Morgan fingerprint density at radius 3 is 2.72 bits per heavy atom. The molecule has 2 aromatic heterocycles. The molecule has 2 N–H and O–H groups in total. The molecule has 5 nitrogen and oxygen atoms in total. The van der Waals surface area contributed by atoms with Crippen LogP contribution >= 0.6 is 23.2 Å². The Bertz CT molecular complexity index is 887. The molecule has 1 amide bonds. The third kappa shape index (κ3) is 4.68. The monoisotopic (exact) mass is 372 g/mol. The predicted molar refractivity (Wildman–Crippen MR) is 100 cm³/mol. The highest BCUT2D eigenvalue weighted by Gasteiger charge is 2.11. The van der Waals surface area contributed by atoms with Gasteiger partial charge >= 0.3 is 0 Å². The summed E-state index contributed by atoms with van der Waals surface area (Å²) in [5.74, 6) is -0.353. The van der Waals surface area contributed by atoms with Crippen LogP contribution in [0.2, 0.25) is 10.0 Å². The minimum absolute atomic E-state index is 0.280. The topological polar surface area (TPSA) is 66.9 Å². The first-order valence-corrected chi connectivity index (χ1v) is 8.22. The van der Waals surface area contributed by atoms with Gasteiger partial charge in [-0.2, -0.15) is 0 Å². The molecule has 1 aromatic carbocycles. The van der Waals surface area contributed by atoms with Crippen molar-refractivity contribution >= 4 is 40.5 Å². The molecule has 0 unspecified atom stereocenters. The third-order valence-electron chi connectivity index (χ3n) is 3.39. The Hall–Kier alpha value is -2.63. The van der Waals surface area contributed by atoms with Gasteiger partial charge in [0.05, 0.1) is 10.7 Å². The van der Waals surface area contributed by atoms with Crippen LogP contribution in [0, 0.1) is 0 Å². The van der Waals surface area contributed by atoms with Crippen molar-refractivity contribution in [2.45, 2.75) is 6.54 Å². The van der Waals surface area contributed by atoms with E-state index in [0.29, 0.717) is 22.3 Å². The van der Waals surface area contributed by atoms with Gasteiger partial charge in [0.2, 0.25) is 0 Å². The first kappa shape index (κ1) is 17.2. The number of anilines is 2. The van der Waals surface area contributed by atoms with Crippen LogP contribution < -0.4 is 10.6 Å². The Balaban J connectivity index is 1.69. The molecule has 25 heavy (non-hydrogen) atoms. The number of pyridine rings is 2. The Morgan fingerprint density at radius 1 is 1.08 bits per heavy atom. The van der Waals surface area contributed by atoms with Crippen LogP contribution in [-0.4, -0.2) is 15.9 Å². The van der Waals surface area contributed by atoms with E-state index >= 15 is 0 Å². The van der Waals surface area contributed by atoms with Crippen LogP contribution in [-0.2, 0) is 6.54 Å². The maximum atomic E-state index is 12.4. The molecular weight excluding hydrogens is 359 g/mol. The van der Waals surface area contributed by atoms with Crippen molar-refractivity contribution in [2.75, 3.05) is 10.6 Å². The molecule has 0 bridgehead atoms. The van der Waals surface area contributed by atoms with Gasteiger partial charge in [0.15, 0.2) is 0 Å². The number of amides is 1. The molecule has 0 aliphatic carbocycles. The fourth-order valence-corrected chi connectivity index (χ4v) is 2.60. The number of carbonyl (C=O) groups is 1. The number of hydrogen-bond acceptors (Lipinski definition) is 4. The average Bonchev–Trinajstić information content (AvgIpc) is 2.63. The molecule has 0 saturated heterocycles. The minimum Gasteiger partial charge on any atom is -0.381 e. The van der Waals surface area contributed by atoms with Crippen molar-refractivity contribution in [3.63, 3.8) is 0 Å². The number of carbonyl (C=O) groups excluding carboxylic acids is 1. The zero-order chi connectivity index (χ0) is 17.6. The highest BCUT2D eigenvalue weighted by Crippen LogP contribution is 2.25. The van der Waals surface area contributed by atoms with Crippen LogP contribution in [0.3, 0.4) is 0 Å². The van der Waals surface area contributed by atoms with Crippen LogP contribution in [0.4, 0.5) is 11.4 Å². The van der Waals surface area contributed by atoms with Gasteiger partial charge in [-0.1, -0.05) is 29.3 Å². The number of benzene rings is 1. The average molecular weight is 373 g/mol. The fourth-order valence-electron chi connectivity index (χ4n) is 2.15. The molecule has 3 rings (SSSR count). The van der Waals surface area contributed by atoms with Crippen molar-refractivity contribution in [3.8, 4) is 0 Å². The molecular formula is C18H14Cl2N4O. The lowest BCUT2D eigenvalue weighted by molar-refractivity contribution is 0.102. The van der Waals surface area contributed by atoms with Gasteiger partial charge in [-0.3, -0.25) is 14.8 Å². The normalized spacial score (nSPS) is 10.3. The van der Waals surface area contributed by atoms with E-state index < -0.39 is 0 Å². The van der Waals surface area contributed by atoms with Crippen LogP contribution in [0.25, 0.3) is 0 Å². The SMILES string of the molecule is O=C(Nc1ccc(Cl)cc1Cl)c1cc(NCc2cccnc2)ccn1. The van der Waals surface area contributed by atoms with Crippen molar-refractivity contribution in [1.82, 2.24) is 9.97 Å². The summed E-state index contributed by atoms with van der Waals surface area (Å²) in [4.78, 5) is 20.5. The summed E-state index contributed by atoms with van der Waals surface area (Å²) in [5, 5.41) is 6.83. The number of aromatic nitrogens is 2. The van der Waals surface area contributed by atoms with Crippen molar-refractivity contribution in [2.24, 2.45) is 0 Å². The Kier molecular flexibility index (Phi) is 5.48. The maximum Gasteiger partial charge on any atom is 0.274 e. The molecule has 0 fully saturated rings. The molecule has 0 radical (unpaired) electrons. The van der Waals surface area contributed by atoms with Gasteiger partial charge in [0, 0.05) is 35.8 Å². The van der Waals surface area contributed by atoms with Gasteiger partial charge in [0.1, 0.15) is 5.69 Å². The molecule has 7 heteroatoms. The van der Waals surface area contributed by atoms with Gasteiger partial charge in [0.25, 0.3) is 5.91 Å². The highest BCUT2D eigenvalue weighted by molar-refractivity contribution is 6.36. The number of nitrogens with one attached hydrogen (secondary N) is 2. The quantitative estimate of drug-likeness (QED) is 0.683. The summed E-state index contributed by atoms with van der Waals surface area (Å²) in [6.45, 7) is 0.599. The predicted octanol–water partition coefficient (Wildman–Crippen LogP) is 4.65. The highest BCUT2D eigenvalue weighted by atomic mass is 35.5. The summed E-state index contributed by atoms with van der Waals surface area (Å²) >= 11 is 11.9. The molecule has 0 aliphatic heterocycles. The van der Waals surface area contributed by atoms with Crippen molar-refractivity contribution in [1.29, 1.82) is 0 Å². The van der Waals surface area contributed by atoms with Crippen LogP contribution in [0.1, 0.15) is 16.1 Å². The molecule has 0 aliphatic rings. The molecule has 3 aromatic rings. The second-order valence-corrected chi connectivity index (χ2v) is 6.07. The standard InChI is InChI=1S/C18H14Cl2N4O/c19-13-3-4-16(15(20)8-13)24-18(25)17-9-14(5-7-22-17)23-11-12-2-1-6-21-10-12/h1-10H,11H2,(H,22,23)(H,24,25). The van der Waals surface area contributed by atoms with Crippen molar-refractivity contribution in [3.05, 3.63) is 82.4 Å². The number of nitrogens with zero attached hydrogens (tertiary/aromatic N) is 2. The number of halogens is 2. The Morgan fingerprint density at radius 2 is 1.96 bits per heavy atom. The maximum absolute atomic E-state index is 12.4. The molecule has 2 heterocycles. The van der Waals surface area contributed by atoms with E-state index in [0.717, 1.165) is 11.3 Å². The second kappa shape index (κ2) is 7.96. The van der Waals surface area contributed by atoms with Gasteiger partial charge < -0.3 is 10.6 Å². The van der Waals surface area contributed by atoms with Crippen molar-refractivity contribution < 1.29 is 4.79 Å². The summed E-state index contributed by atoms with van der Waals surface area (Å²) in [5.41, 5.74) is 2.58. The van der Waals surface area contributed by atoms with E-state index in [1.807, 2.05) is 12.1 Å². The van der Waals surface area contributed by atoms with E-state index in [4.69, 9.17) is 23.2 Å². The van der Waals surface area contributed by atoms with Gasteiger partial charge in [-0.05, 0) is 42.0 Å². The third-order valence-corrected chi connectivity index (χ3v) is 3.94. The molecule has 126 valence electrons. The lowest BCUT2D eigenvalue weighted by Crippen LogP contribution is -2.14. The van der Waals surface area contributed by atoms with Crippen LogP contribution in [0.5, 0.6) is 0 Å². The molecule has 0 saturated carbocycles. The Labute approximate surface area is 155 Å².